The van der Waals surface area contributed by atoms with Crippen LogP contribution in [-0.2, 0) is 0 Å². The first-order chi connectivity index (χ1) is 0. The standard InChI is InChI=1S/Al.Li.4H2O/h;;4*1H2/q+3;+1;;;;/p-4. The van der Waals surface area contributed by atoms with Gasteiger partial charge in [-0.15, -0.1) is 0 Å². The van der Waals surface area contributed by atoms with Crippen molar-refractivity contribution in [2.75, 3.05) is 0 Å². The fourth-order valence-electron chi connectivity index (χ4n) is 0. The van der Waals surface area contributed by atoms with Gasteiger partial charge in [0.05, 0.1) is 0 Å². The number of hydrogen-bond acceptors (Lipinski definition) is 4. The van der Waals surface area contributed by atoms with Crippen molar-refractivity contribution in [2.45, 2.75) is 0 Å². The van der Waals surface area contributed by atoms with Gasteiger partial charge >= 0.3 is 36.2 Å². The summed E-state index contributed by atoms with van der Waals surface area (Å²) in [5.41, 5.74) is 0. The van der Waals surface area contributed by atoms with E-state index in [1.807, 2.05) is 0 Å². The molecule has 4 nitrogen and oxygen atoms in total. The van der Waals surface area contributed by atoms with Crippen molar-refractivity contribution in [3.63, 3.8) is 0 Å². The fraction of sp³-hybridized carbons (Fsp3) is 0. The molecule has 0 spiro atoms. The Hall–Kier alpha value is 0.970. The molecule has 0 amide bonds. The Morgan fingerprint density at radius 3 is 0.500 bits per heavy atom. The first kappa shape index (κ1) is 264. The maximum atomic E-state index is 0. The summed E-state index contributed by atoms with van der Waals surface area (Å²) in [5.74, 6) is 0. The van der Waals surface area contributed by atoms with Crippen LogP contribution in [0.1, 0.15) is 0 Å². The average Bonchev–Trinajstić information content (AvgIpc) is 0. The van der Waals surface area contributed by atoms with E-state index >= 15 is 0 Å². The predicted octanol–water partition coefficient (Wildman–Crippen LogP) is -4.08. The molecular weight excluding hydrogens is 97.9 g/mol. The molecule has 0 rings (SSSR count). The van der Waals surface area contributed by atoms with E-state index in [4.69, 9.17) is 0 Å². The van der Waals surface area contributed by atoms with E-state index in [0.717, 1.165) is 0 Å². The Morgan fingerprint density at radius 1 is 0.500 bits per heavy atom. The fourth-order valence-corrected chi connectivity index (χ4v) is 0. The van der Waals surface area contributed by atoms with Crippen molar-refractivity contribution in [1.82, 2.24) is 0 Å². The van der Waals surface area contributed by atoms with Crippen molar-refractivity contribution in [3.8, 4) is 0 Å². The van der Waals surface area contributed by atoms with Gasteiger partial charge in [-0.25, -0.2) is 0 Å². The molecule has 0 aliphatic heterocycles. The first-order valence-electron chi connectivity index (χ1n) is 0. The van der Waals surface area contributed by atoms with E-state index < -0.39 is 0 Å². The molecular formula is H4AlLiO4. The molecule has 6 heavy (non-hydrogen) atoms. The van der Waals surface area contributed by atoms with Crippen LogP contribution < -0.4 is 18.9 Å². The van der Waals surface area contributed by atoms with Crippen LogP contribution in [-0.4, -0.2) is 39.3 Å². The minimum Gasteiger partial charge on any atom is -0.870 e. The van der Waals surface area contributed by atoms with Crippen LogP contribution in [0.5, 0.6) is 0 Å². The zero-order valence-electron chi connectivity index (χ0n) is 3.37. The zero-order valence-corrected chi connectivity index (χ0v) is 4.52. The zero-order chi connectivity index (χ0) is 0. The monoisotopic (exact) mass is 102 g/mol. The Kier molecular flexibility index (Phi) is 6900. The van der Waals surface area contributed by atoms with Crippen LogP contribution in [0.2, 0.25) is 0 Å². The van der Waals surface area contributed by atoms with Gasteiger partial charge in [0.15, 0.2) is 0 Å². The summed E-state index contributed by atoms with van der Waals surface area (Å²) in [6.07, 6.45) is 0. The van der Waals surface area contributed by atoms with E-state index in [-0.39, 0.29) is 58.1 Å². The average molecular weight is 102 g/mol. The molecule has 0 saturated carbocycles. The Balaban J connectivity index is 0. The molecule has 0 aromatic rings. The predicted molar refractivity (Wildman–Crippen MR) is 13.5 cm³/mol. The molecule has 0 aliphatic carbocycles. The molecule has 0 radical (unpaired) electrons. The number of hydrogen-bond donors (Lipinski definition) is 0. The molecule has 0 aromatic carbocycles. The van der Waals surface area contributed by atoms with Crippen LogP contribution in [0.4, 0.5) is 0 Å². The number of rotatable bonds is 0. The van der Waals surface area contributed by atoms with E-state index in [9.17, 15) is 0 Å². The van der Waals surface area contributed by atoms with Gasteiger partial charge < -0.3 is 21.9 Å². The molecule has 4 N–H and O–H groups in total. The van der Waals surface area contributed by atoms with Crippen molar-refractivity contribution in [3.05, 3.63) is 0 Å². The van der Waals surface area contributed by atoms with Gasteiger partial charge in [-0.3, -0.25) is 0 Å². The van der Waals surface area contributed by atoms with Crippen molar-refractivity contribution in [1.29, 1.82) is 0 Å². The summed E-state index contributed by atoms with van der Waals surface area (Å²) in [4.78, 5) is 0. The van der Waals surface area contributed by atoms with Crippen molar-refractivity contribution >= 4 is 17.4 Å². The summed E-state index contributed by atoms with van der Waals surface area (Å²) in [7, 11) is 0. The molecule has 32 valence electrons. The maximum Gasteiger partial charge on any atom is 3.00 e. The second kappa shape index (κ2) is 157. The molecule has 0 atom stereocenters. The largest absolute Gasteiger partial charge is 3.00 e. The van der Waals surface area contributed by atoms with E-state index in [0.29, 0.717) is 0 Å². The molecule has 0 fully saturated rings. The van der Waals surface area contributed by atoms with Crippen LogP contribution in [0.25, 0.3) is 0 Å². The molecule has 0 saturated heterocycles. The minimum atomic E-state index is 0. The third-order valence-electron chi connectivity index (χ3n) is 0. The Bertz CT molecular complexity index is 7.51. The van der Waals surface area contributed by atoms with E-state index in [1.165, 1.54) is 0 Å². The summed E-state index contributed by atoms with van der Waals surface area (Å²) in [5, 5.41) is 0. The van der Waals surface area contributed by atoms with Crippen LogP contribution in [0.15, 0.2) is 0 Å². The van der Waals surface area contributed by atoms with Gasteiger partial charge in [0, 0.05) is 0 Å². The second-order valence-electron chi connectivity index (χ2n) is 0. The van der Waals surface area contributed by atoms with Gasteiger partial charge in [0.25, 0.3) is 0 Å². The SMILES string of the molecule is [Al+3].[Li+].[OH-].[OH-].[OH-].[OH-]. The van der Waals surface area contributed by atoms with Gasteiger partial charge in [-0.2, -0.15) is 0 Å². The van der Waals surface area contributed by atoms with Crippen LogP contribution in [0, 0.1) is 0 Å². The minimum absolute atomic E-state index is 0. The molecule has 0 unspecified atom stereocenters. The van der Waals surface area contributed by atoms with E-state index in [2.05, 4.69) is 0 Å². The van der Waals surface area contributed by atoms with Crippen LogP contribution in [0.3, 0.4) is 0 Å². The molecule has 6 heteroatoms. The molecule has 0 aromatic heterocycles. The first-order valence-corrected chi connectivity index (χ1v) is 0. The van der Waals surface area contributed by atoms with Gasteiger partial charge in [0.2, 0.25) is 0 Å². The van der Waals surface area contributed by atoms with Crippen molar-refractivity contribution < 1.29 is 40.8 Å². The quantitative estimate of drug-likeness (QED) is 0.288. The van der Waals surface area contributed by atoms with Crippen LogP contribution >= 0.6 is 0 Å². The summed E-state index contributed by atoms with van der Waals surface area (Å²) in [6, 6.07) is 0. The van der Waals surface area contributed by atoms with Gasteiger partial charge in [-0.05, 0) is 0 Å². The summed E-state index contributed by atoms with van der Waals surface area (Å²) in [6.45, 7) is 0. The van der Waals surface area contributed by atoms with Gasteiger partial charge in [-0.1, -0.05) is 0 Å². The molecule has 0 aliphatic rings. The smallest absolute Gasteiger partial charge is 0.870 e. The Labute approximate surface area is 58.5 Å². The third kappa shape index (κ3) is 83.3. The Morgan fingerprint density at radius 2 is 0.500 bits per heavy atom. The molecule has 0 bridgehead atoms. The third-order valence-corrected chi connectivity index (χ3v) is 0. The van der Waals surface area contributed by atoms with E-state index in [1.54, 1.807) is 0 Å². The summed E-state index contributed by atoms with van der Waals surface area (Å²) >= 11 is 0. The topological polar surface area (TPSA) is 120 Å². The van der Waals surface area contributed by atoms with Gasteiger partial charge in [0.1, 0.15) is 0 Å². The molecule has 0 heterocycles. The second-order valence-corrected chi connectivity index (χ2v) is 0. The van der Waals surface area contributed by atoms with Crippen molar-refractivity contribution in [2.24, 2.45) is 0 Å². The normalized spacial score (nSPS) is 0. The summed E-state index contributed by atoms with van der Waals surface area (Å²) < 4.78 is 0. The maximum absolute atomic E-state index is 0.